The molecule has 0 fully saturated rings. The monoisotopic (exact) mass is 591 g/mol. The zero-order chi connectivity index (χ0) is 28.7. The third-order valence-corrected chi connectivity index (χ3v) is 7.87. The molecule has 0 aliphatic rings. The number of nitrogens with one attached hydrogen (secondary N) is 1. The predicted octanol–water partition coefficient (Wildman–Crippen LogP) is 4.46. The average Bonchev–Trinajstić information content (AvgIpc) is 2.89. The number of sulfonamides is 1. The maximum Gasteiger partial charge on any atom is 0.244 e. The number of rotatable bonds is 11. The van der Waals surface area contributed by atoms with E-state index in [1.165, 1.54) is 19.1 Å². The molecule has 0 saturated carbocycles. The van der Waals surface area contributed by atoms with Crippen LogP contribution in [0.25, 0.3) is 0 Å². The molecule has 0 bridgehead atoms. The Bertz CT molecular complexity index is 1430. The van der Waals surface area contributed by atoms with Crippen LogP contribution in [0.4, 0.5) is 5.69 Å². The minimum absolute atomic E-state index is 0.0533. The van der Waals surface area contributed by atoms with E-state index in [-0.39, 0.29) is 18.7 Å². The number of benzene rings is 3. The normalized spacial score (nSPS) is 11.9. The third kappa shape index (κ3) is 7.88. The van der Waals surface area contributed by atoms with E-state index in [0.29, 0.717) is 21.4 Å². The molecule has 3 rings (SSSR count). The highest BCUT2D eigenvalue weighted by Gasteiger charge is 2.33. The smallest absolute Gasteiger partial charge is 0.244 e. The first-order valence-electron chi connectivity index (χ1n) is 12.1. The van der Waals surface area contributed by atoms with Gasteiger partial charge in [0.1, 0.15) is 18.3 Å². The SMILES string of the molecule is CNC(=O)[C@H](Cc1ccccc1)N(Cc1ccc(Cl)cc1Cl)C(=O)CN(c1cc(C)ccc1OC)S(C)(=O)=O. The molecular weight excluding hydrogens is 561 g/mol. The number of likely N-dealkylation sites (N-methyl/N-ethyl adjacent to an activating group) is 1. The Balaban J connectivity index is 2.10. The summed E-state index contributed by atoms with van der Waals surface area (Å²) >= 11 is 12.5. The number of ether oxygens (including phenoxy) is 1. The van der Waals surface area contributed by atoms with Crippen molar-refractivity contribution in [2.24, 2.45) is 0 Å². The molecule has 39 heavy (non-hydrogen) atoms. The Hall–Kier alpha value is -3.27. The number of aryl methyl sites for hydroxylation is 1. The van der Waals surface area contributed by atoms with E-state index in [4.69, 9.17) is 27.9 Å². The molecule has 0 saturated heterocycles. The lowest BCUT2D eigenvalue weighted by Gasteiger charge is -2.33. The molecular formula is C28H31Cl2N3O5S. The Morgan fingerprint density at radius 2 is 1.72 bits per heavy atom. The van der Waals surface area contributed by atoms with Crippen molar-refractivity contribution >= 4 is 50.7 Å². The minimum atomic E-state index is -3.93. The number of methoxy groups -OCH3 is 1. The van der Waals surface area contributed by atoms with Crippen molar-refractivity contribution in [2.75, 3.05) is 31.3 Å². The minimum Gasteiger partial charge on any atom is -0.495 e. The molecule has 1 N–H and O–H groups in total. The summed E-state index contributed by atoms with van der Waals surface area (Å²) in [4.78, 5) is 28.5. The van der Waals surface area contributed by atoms with Crippen LogP contribution in [0.1, 0.15) is 16.7 Å². The lowest BCUT2D eigenvalue weighted by molar-refractivity contribution is -0.139. The van der Waals surface area contributed by atoms with Gasteiger partial charge in [-0.2, -0.15) is 0 Å². The number of nitrogens with zero attached hydrogens (tertiary/aromatic N) is 2. The quantitative estimate of drug-likeness (QED) is 0.355. The second-order valence-corrected chi connectivity index (χ2v) is 11.8. The van der Waals surface area contributed by atoms with Gasteiger partial charge in [-0.25, -0.2) is 8.42 Å². The van der Waals surface area contributed by atoms with E-state index in [2.05, 4.69) is 5.32 Å². The Kier molecular flexibility index (Phi) is 10.2. The summed E-state index contributed by atoms with van der Waals surface area (Å²) in [6.45, 7) is 1.19. The topological polar surface area (TPSA) is 96.0 Å². The van der Waals surface area contributed by atoms with Gasteiger partial charge in [-0.3, -0.25) is 13.9 Å². The molecule has 8 nitrogen and oxygen atoms in total. The molecule has 208 valence electrons. The van der Waals surface area contributed by atoms with Gasteiger partial charge in [0.25, 0.3) is 0 Å². The van der Waals surface area contributed by atoms with Gasteiger partial charge in [-0.15, -0.1) is 0 Å². The zero-order valence-corrected chi connectivity index (χ0v) is 24.5. The van der Waals surface area contributed by atoms with E-state index >= 15 is 0 Å². The number of halogens is 2. The number of hydrogen-bond donors (Lipinski definition) is 1. The van der Waals surface area contributed by atoms with Gasteiger partial charge in [0.2, 0.25) is 21.8 Å². The summed E-state index contributed by atoms with van der Waals surface area (Å²) in [6, 6.07) is 18.2. The predicted molar refractivity (Wildman–Crippen MR) is 155 cm³/mol. The van der Waals surface area contributed by atoms with Gasteiger partial charge in [0.15, 0.2) is 0 Å². The van der Waals surface area contributed by atoms with E-state index in [1.54, 1.807) is 36.4 Å². The molecule has 0 unspecified atom stereocenters. The zero-order valence-electron chi connectivity index (χ0n) is 22.1. The molecule has 1 atom stereocenters. The molecule has 3 aromatic rings. The molecule has 3 aromatic carbocycles. The standard InChI is InChI=1S/C28H31Cl2N3O5S/c1-19-10-13-26(38-3)24(14-19)33(39(4,36)37)18-27(34)32(17-21-11-12-22(29)16-23(21)30)25(28(35)31-2)15-20-8-6-5-7-9-20/h5-14,16,25H,15,17-18H2,1-4H3,(H,31,35)/t25-/m0/s1. The fraction of sp³-hybridized carbons (Fsp3) is 0.286. The van der Waals surface area contributed by atoms with Crippen LogP contribution in [0.15, 0.2) is 66.7 Å². The van der Waals surface area contributed by atoms with Crippen LogP contribution >= 0.6 is 23.2 Å². The van der Waals surface area contributed by atoms with Gasteiger partial charge in [-0.1, -0.05) is 65.7 Å². The summed E-state index contributed by atoms with van der Waals surface area (Å²) in [7, 11) is -1.02. The summed E-state index contributed by atoms with van der Waals surface area (Å²) in [5, 5.41) is 3.37. The van der Waals surface area contributed by atoms with E-state index in [1.807, 2.05) is 37.3 Å². The summed E-state index contributed by atoms with van der Waals surface area (Å²) in [5.74, 6) is -0.714. The molecule has 0 heterocycles. The highest BCUT2D eigenvalue weighted by atomic mass is 35.5. The Morgan fingerprint density at radius 1 is 1.03 bits per heavy atom. The maximum absolute atomic E-state index is 14.0. The summed E-state index contributed by atoms with van der Waals surface area (Å²) in [5.41, 5.74) is 2.38. The van der Waals surface area contributed by atoms with Gasteiger partial charge in [0, 0.05) is 30.1 Å². The van der Waals surface area contributed by atoms with E-state index in [0.717, 1.165) is 21.7 Å². The second-order valence-electron chi connectivity index (χ2n) is 9.02. The number of hydrogen-bond acceptors (Lipinski definition) is 5. The van der Waals surface area contributed by atoms with Crippen LogP contribution in [-0.2, 0) is 32.6 Å². The van der Waals surface area contributed by atoms with Gasteiger partial charge < -0.3 is 15.0 Å². The highest BCUT2D eigenvalue weighted by Crippen LogP contribution is 2.31. The lowest BCUT2D eigenvalue weighted by atomic mass is 10.0. The molecule has 0 spiro atoms. The third-order valence-electron chi connectivity index (χ3n) is 6.16. The first kappa shape index (κ1) is 30.3. The van der Waals surface area contributed by atoms with Crippen molar-refractivity contribution < 1.29 is 22.7 Å². The fourth-order valence-corrected chi connectivity index (χ4v) is 5.46. The largest absolute Gasteiger partial charge is 0.495 e. The van der Waals surface area contributed by atoms with Crippen molar-refractivity contribution in [2.45, 2.75) is 25.9 Å². The van der Waals surface area contributed by atoms with Crippen LogP contribution in [0.3, 0.4) is 0 Å². The van der Waals surface area contributed by atoms with Crippen LogP contribution < -0.4 is 14.4 Å². The Labute approximate surface area is 239 Å². The van der Waals surface area contributed by atoms with Gasteiger partial charge >= 0.3 is 0 Å². The van der Waals surface area contributed by atoms with Crippen molar-refractivity contribution in [3.05, 3.63) is 93.5 Å². The van der Waals surface area contributed by atoms with Crippen molar-refractivity contribution in [3.8, 4) is 5.75 Å². The molecule has 2 amide bonds. The number of carbonyl (C=O) groups is 2. The highest BCUT2D eigenvalue weighted by molar-refractivity contribution is 7.92. The van der Waals surface area contributed by atoms with Crippen molar-refractivity contribution in [1.82, 2.24) is 10.2 Å². The van der Waals surface area contributed by atoms with Crippen molar-refractivity contribution in [1.29, 1.82) is 0 Å². The Morgan fingerprint density at radius 3 is 2.31 bits per heavy atom. The fourth-order valence-electron chi connectivity index (χ4n) is 4.14. The summed E-state index contributed by atoms with van der Waals surface area (Å²) < 4.78 is 32.3. The lowest BCUT2D eigenvalue weighted by Crippen LogP contribution is -2.53. The number of amides is 2. The number of anilines is 1. The van der Waals surface area contributed by atoms with Crippen LogP contribution in [0.5, 0.6) is 5.75 Å². The molecule has 0 aliphatic carbocycles. The summed E-state index contributed by atoms with van der Waals surface area (Å²) in [6.07, 6.45) is 1.22. The first-order valence-corrected chi connectivity index (χ1v) is 14.7. The van der Waals surface area contributed by atoms with Crippen LogP contribution in [0, 0.1) is 6.92 Å². The molecule has 0 aliphatic heterocycles. The van der Waals surface area contributed by atoms with Gasteiger partial charge in [0.05, 0.1) is 19.1 Å². The van der Waals surface area contributed by atoms with Crippen molar-refractivity contribution in [3.63, 3.8) is 0 Å². The molecule has 0 radical (unpaired) electrons. The number of carbonyl (C=O) groups excluding carboxylic acids is 2. The average molecular weight is 593 g/mol. The van der Waals surface area contributed by atoms with Gasteiger partial charge in [-0.05, 0) is 47.9 Å². The van der Waals surface area contributed by atoms with Crippen LogP contribution in [0.2, 0.25) is 10.0 Å². The van der Waals surface area contributed by atoms with Crippen LogP contribution in [-0.4, -0.2) is 58.1 Å². The second kappa shape index (κ2) is 13.2. The first-order chi connectivity index (χ1) is 18.4. The molecule has 11 heteroatoms. The maximum atomic E-state index is 14.0. The van der Waals surface area contributed by atoms with E-state index in [9.17, 15) is 18.0 Å². The molecule has 0 aromatic heterocycles. The van der Waals surface area contributed by atoms with E-state index < -0.39 is 34.4 Å².